The lowest BCUT2D eigenvalue weighted by Gasteiger charge is -2.14. The fourth-order valence-corrected chi connectivity index (χ4v) is 1.65. The van der Waals surface area contributed by atoms with Crippen LogP contribution in [0.3, 0.4) is 0 Å². The van der Waals surface area contributed by atoms with E-state index in [-0.39, 0.29) is 10.8 Å². The summed E-state index contributed by atoms with van der Waals surface area (Å²) < 4.78 is 42.4. The Morgan fingerprint density at radius 3 is 2.44 bits per heavy atom. The quantitative estimate of drug-likeness (QED) is 0.899. The van der Waals surface area contributed by atoms with E-state index in [1.54, 1.807) is 0 Å². The second kappa shape index (κ2) is 4.93. The van der Waals surface area contributed by atoms with Crippen LogP contribution < -0.4 is 10.5 Å². The zero-order valence-electron chi connectivity index (χ0n) is 8.57. The summed E-state index contributed by atoms with van der Waals surface area (Å²) in [6, 6.07) is 2.14. The Hall–Kier alpha value is -0.940. The molecule has 1 aromatic rings. The van der Waals surface area contributed by atoms with Crippen molar-refractivity contribution in [2.24, 2.45) is 5.73 Å². The minimum absolute atomic E-state index is 0.155. The smallest absolute Gasteiger partial charge is 0.417 e. The predicted octanol–water partition coefficient (Wildman–Crippen LogP) is 2.87. The average Bonchev–Trinajstić information content (AvgIpc) is 2.16. The van der Waals surface area contributed by atoms with Crippen LogP contribution in [0.25, 0.3) is 0 Å². The lowest BCUT2D eigenvalue weighted by molar-refractivity contribution is -0.137. The van der Waals surface area contributed by atoms with E-state index in [9.17, 15) is 13.2 Å². The van der Waals surface area contributed by atoms with Crippen LogP contribution in [0.5, 0.6) is 5.75 Å². The highest BCUT2D eigenvalue weighted by molar-refractivity contribution is 6.31. The van der Waals surface area contributed by atoms with Gasteiger partial charge >= 0.3 is 6.18 Å². The first-order chi connectivity index (χ1) is 7.40. The minimum atomic E-state index is -4.48. The van der Waals surface area contributed by atoms with E-state index >= 15 is 0 Å². The molecule has 0 saturated heterocycles. The van der Waals surface area contributed by atoms with Crippen molar-refractivity contribution >= 4 is 11.6 Å². The molecule has 0 aliphatic heterocycles. The molecule has 6 heteroatoms. The van der Waals surface area contributed by atoms with E-state index in [1.165, 1.54) is 13.2 Å². The first-order valence-electron chi connectivity index (χ1n) is 4.53. The molecule has 0 aliphatic rings. The molecule has 0 aliphatic carbocycles. The molecule has 1 aromatic carbocycles. The fraction of sp³-hybridized carbons (Fsp3) is 0.400. The van der Waals surface area contributed by atoms with Crippen molar-refractivity contribution in [1.82, 2.24) is 0 Å². The van der Waals surface area contributed by atoms with Gasteiger partial charge in [0.25, 0.3) is 0 Å². The number of ether oxygens (including phenoxy) is 1. The molecule has 0 saturated carbocycles. The topological polar surface area (TPSA) is 35.2 Å². The third kappa shape index (κ3) is 2.80. The van der Waals surface area contributed by atoms with Crippen LogP contribution in [0.4, 0.5) is 13.2 Å². The zero-order valence-corrected chi connectivity index (χ0v) is 9.32. The fourth-order valence-electron chi connectivity index (χ4n) is 1.35. The lowest BCUT2D eigenvalue weighted by atomic mass is 10.1. The first kappa shape index (κ1) is 13.1. The number of halogens is 4. The first-order valence-corrected chi connectivity index (χ1v) is 4.91. The van der Waals surface area contributed by atoms with Gasteiger partial charge in [0.05, 0.1) is 17.7 Å². The summed E-state index contributed by atoms with van der Waals surface area (Å²) in [7, 11) is 1.31. The molecular formula is C10H11ClF3NO. The summed E-state index contributed by atoms with van der Waals surface area (Å²) in [6.07, 6.45) is -4.06. The van der Waals surface area contributed by atoms with Crippen molar-refractivity contribution in [3.05, 3.63) is 28.3 Å². The predicted molar refractivity (Wildman–Crippen MR) is 55.8 cm³/mol. The molecule has 0 aromatic heterocycles. The van der Waals surface area contributed by atoms with E-state index in [2.05, 4.69) is 0 Å². The molecule has 0 atom stereocenters. The molecule has 2 nitrogen and oxygen atoms in total. The third-order valence-electron chi connectivity index (χ3n) is 2.09. The van der Waals surface area contributed by atoms with Crippen molar-refractivity contribution in [2.45, 2.75) is 12.6 Å². The molecule has 0 unspecified atom stereocenters. The Labute approximate surface area is 96.1 Å². The van der Waals surface area contributed by atoms with Gasteiger partial charge in [0.1, 0.15) is 5.75 Å². The largest absolute Gasteiger partial charge is 0.496 e. The number of nitrogens with two attached hydrogens (primary N) is 1. The highest BCUT2D eigenvalue weighted by atomic mass is 35.5. The van der Waals surface area contributed by atoms with Gasteiger partial charge in [-0.05, 0) is 30.7 Å². The zero-order chi connectivity index (χ0) is 12.3. The number of methoxy groups -OCH3 is 1. The Bertz CT molecular complexity index is 379. The van der Waals surface area contributed by atoms with Crippen molar-refractivity contribution in [3.63, 3.8) is 0 Å². The summed E-state index contributed by atoms with van der Waals surface area (Å²) in [5, 5.41) is -0.336. The van der Waals surface area contributed by atoms with Crippen LogP contribution in [0, 0.1) is 0 Å². The van der Waals surface area contributed by atoms with Crippen LogP contribution in [-0.4, -0.2) is 13.7 Å². The van der Waals surface area contributed by atoms with Crippen LogP contribution in [0.15, 0.2) is 12.1 Å². The summed E-state index contributed by atoms with van der Waals surface area (Å²) in [5.74, 6) is 0.155. The third-order valence-corrected chi connectivity index (χ3v) is 2.40. The molecule has 0 radical (unpaired) electrons. The molecule has 2 N–H and O–H groups in total. The van der Waals surface area contributed by atoms with Gasteiger partial charge in [0.2, 0.25) is 0 Å². The van der Waals surface area contributed by atoms with Gasteiger partial charge in [-0.3, -0.25) is 0 Å². The molecule has 16 heavy (non-hydrogen) atoms. The van der Waals surface area contributed by atoms with Crippen molar-refractivity contribution < 1.29 is 17.9 Å². The van der Waals surface area contributed by atoms with Gasteiger partial charge < -0.3 is 10.5 Å². The SMILES string of the molecule is COc1cc(C(F)(F)F)c(Cl)cc1CCN. The summed E-state index contributed by atoms with van der Waals surface area (Å²) in [6.45, 7) is 0.318. The molecule has 1 rings (SSSR count). The van der Waals surface area contributed by atoms with Crippen molar-refractivity contribution in [1.29, 1.82) is 0 Å². The second-order valence-corrected chi connectivity index (χ2v) is 3.59. The highest BCUT2D eigenvalue weighted by Gasteiger charge is 2.34. The maximum Gasteiger partial charge on any atom is 0.417 e. The lowest BCUT2D eigenvalue weighted by Crippen LogP contribution is -2.09. The van der Waals surface area contributed by atoms with E-state index in [1.807, 2.05) is 0 Å². The van der Waals surface area contributed by atoms with Crippen LogP contribution in [0.2, 0.25) is 5.02 Å². The minimum Gasteiger partial charge on any atom is -0.496 e. The standard InChI is InChI=1S/C10H11ClF3NO/c1-16-9-5-7(10(12,13)14)8(11)4-6(9)2-3-15/h4-5H,2-3,15H2,1H3. The highest BCUT2D eigenvalue weighted by Crippen LogP contribution is 2.38. The average molecular weight is 254 g/mol. The Morgan fingerprint density at radius 2 is 2.00 bits per heavy atom. The van der Waals surface area contributed by atoms with Crippen molar-refractivity contribution in [3.8, 4) is 5.75 Å². The monoisotopic (exact) mass is 253 g/mol. The number of hydrogen-bond acceptors (Lipinski definition) is 2. The number of hydrogen-bond donors (Lipinski definition) is 1. The molecule has 0 heterocycles. The maximum atomic E-state index is 12.5. The number of rotatable bonds is 3. The van der Waals surface area contributed by atoms with Gasteiger partial charge in [-0.15, -0.1) is 0 Å². The molecule has 0 bridgehead atoms. The van der Waals surface area contributed by atoms with Gasteiger partial charge in [-0.2, -0.15) is 13.2 Å². The van der Waals surface area contributed by atoms with Gasteiger partial charge in [-0.25, -0.2) is 0 Å². The summed E-state index contributed by atoms with van der Waals surface area (Å²) >= 11 is 5.56. The van der Waals surface area contributed by atoms with E-state index in [0.717, 1.165) is 6.07 Å². The van der Waals surface area contributed by atoms with E-state index < -0.39 is 11.7 Å². The molecule has 0 amide bonds. The number of alkyl halides is 3. The van der Waals surface area contributed by atoms with Gasteiger partial charge in [0.15, 0.2) is 0 Å². The Kier molecular flexibility index (Phi) is 4.04. The van der Waals surface area contributed by atoms with Gasteiger partial charge in [0, 0.05) is 0 Å². The molecular weight excluding hydrogens is 243 g/mol. The molecule has 0 fully saturated rings. The van der Waals surface area contributed by atoms with Crippen molar-refractivity contribution in [2.75, 3.05) is 13.7 Å². The van der Waals surface area contributed by atoms with E-state index in [0.29, 0.717) is 18.5 Å². The molecule has 90 valence electrons. The van der Waals surface area contributed by atoms with Crippen LogP contribution >= 0.6 is 11.6 Å². The maximum absolute atomic E-state index is 12.5. The van der Waals surface area contributed by atoms with E-state index in [4.69, 9.17) is 22.1 Å². The Morgan fingerprint density at radius 1 is 1.38 bits per heavy atom. The summed E-state index contributed by atoms with van der Waals surface area (Å²) in [4.78, 5) is 0. The second-order valence-electron chi connectivity index (χ2n) is 3.18. The van der Waals surface area contributed by atoms with Crippen LogP contribution in [0.1, 0.15) is 11.1 Å². The Balaban J connectivity index is 3.26. The summed E-state index contributed by atoms with van der Waals surface area (Å²) in [5.41, 5.74) is 5.01. The molecule has 0 spiro atoms. The number of benzene rings is 1. The normalized spacial score (nSPS) is 11.6. The van der Waals surface area contributed by atoms with Crippen LogP contribution in [-0.2, 0) is 12.6 Å². The van der Waals surface area contributed by atoms with Gasteiger partial charge in [-0.1, -0.05) is 11.6 Å².